The molecule has 21 heavy (non-hydrogen) atoms. The van der Waals surface area contributed by atoms with Crippen LogP contribution < -0.4 is 5.32 Å². The monoisotopic (exact) mass is 407 g/mol. The van der Waals surface area contributed by atoms with Crippen LogP contribution in [0.4, 0.5) is 5.69 Å². The minimum Gasteiger partial charge on any atom is -0.376 e. The van der Waals surface area contributed by atoms with Crippen molar-refractivity contribution in [2.75, 3.05) is 5.32 Å². The summed E-state index contributed by atoms with van der Waals surface area (Å²) in [4.78, 5) is 4.73. The molecule has 3 aromatic rings. The van der Waals surface area contributed by atoms with E-state index in [0.29, 0.717) is 6.54 Å². The Hall–Kier alpha value is -1.33. The average Bonchev–Trinajstić information content (AvgIpc) is 2.84. The van der Waals surface area contributed by atoms with E-state index < -0.39 is 0 Å². The Labute approximate surface area is 140 Å². The van der Waals surface area contributed by atoms with Crippen LogP contribution in [0.5, 0.6) is 0 Å². The molecule has 1 heterocycles. The minimum absolute atomic E-state index is 0.684. The van der Waals surface area contributed by atoms with E-state index in [1.54, 1.807) is 0 Å². The van der Waals surface area contributed by atoms with Crippen molar-refractivity contribution < 1.29 is 0 Å². The van der Waals surface area contributed by atoms with Crippen LogP contribution in [0.2, 0.25) is 0 Å². The standard InChI is InChI=1S/C16H15Br2N3/c1-2-21-14-9-4-3-8-13(14)20-15(21)10-19-16-11(17)6-5-7-12(16)18/h3-9,19H,2,10H2,1H3. The summed E-state index contributed by atoms with van der Waals surface area (Å²) in [7, 11) is 0. The van der Waals surface area contributed by atoms with Gasteiger partial charge >= 0.3 is 0 Å². The summed E-state index contributed by atoms with van der Waals surface area (Å²) in [6.45, 7) is 3.74. The van der Waals surface area contributed by atoms with E-state index in [1.165, 1.54) is 5.52 Å². The quantitative estimate of drug-likeness (QED) is 0.643. The molecule has 3 nitrogen and oxygen atoms in total. The fourth-order valence-electron chi connectivity index (χ4n) is 2.45. The number of aryl methyl sites for hydroxylation is 1. The summed E-state index contributed by atoms with van der Waals surface area (Å²) in [6.07, 6.45) is 0. The number of hydrogen-bond acceptors (Lipinski definition) is 2. The Morgan fingerprint density at radius 2 is 1.76 bits per heavy atom. The first kappa shape index (κ1) is 14.6. The topological polar surface area (TPSA) is 29.9 Å². The summed E-state index contributed by atoms with van der Waals surface area (Å²) < 4.78 is 4.32. The summed E-state index contributed by atoms with van der Waals surface area (Å²) in [5.41, 5.74) is 3.28. The van der Waals surface area contributed by atoms with Crippen molar-refractivity contribution in [3.63, 3.8) is 0 Å². The number of anilines is 1. The molecule has 0 radical (unpaired) electrons. The van der Waals surface area contributed by atoms with Crippen LogP contribution in [0.25, 0.3) is 11.0 Å². The molecule has 0 aliphatic carbocycles. The van der Waals surface area contributed by atoms with Crippen LogP contribution in [-0.2, 0) is 13.1 Å². The lowest BCUT2D eigenvalue weighted by Gasteiger charge is -2.11. The van der Waals surface area contributed by atoms with Gasteiger partial charge in [0.1, 0.15) is 5.82 Å². The third-order valence-electron chi connectivity index (χ3n) is 3.44. The predicted octanol–water partition coefficient (Wildman–Crippen LogP) is 5.19. The van der Waals surface area contributed by atoms with Crippen molar-refractivity contribution >= 4 is 48.6 Å². The minimum atomic E-state index is 0.684. The lowest BCUT2D eigenvalue weighted by atomic mass is 10.3. The van der Waals surface area contributed by atoms with Gasteiger partial charge in [0.15, 0.2) is 0 Å². The van der Waals surface area contributed by atoms with Gasteiger partial charge in [-0.25, -0.2) is 4.98 Å². The summed E-state index contributed by atoms with van der Waals surface area (Å²) in [6, 6.07) is 14.3. The first-order valence-corrected chi connectivity index (χ1v) is 8.41. The molecule has 1 aromatic heterocycles. The van der Waals surface area contributed by atoms with Crippen LogP contribution in [0.1, 0.15) is 12.7 Å². The molecule has 0 aliphatic heterocycles. The molecule has 0 amide bonds. The number of aromatic nitrogens is 2. The van der Waals surface area contributed by atoms with Gasteiger partial charge in [-0.3, -0.25) is 0 Å². The lowest BCUT2D eigenvalue weighted by Crippen LogP contribution is -2.08. The molecular formula is C16H15Br2N3. The van der Waals surface area contributed by atoms with Crippen molar-refractivity contribution in [3.05, 3.63) is 57.2 Å². The van der Waals surface area contributed by atoms with Crippen LogP contribution in [-0.4, -0.2) is 9.55 Å². The van der Waals surface area contributed by atoms with Gasteiger partial charge < -0.3 is 9.88 Å². The highest BCUT2D eigenvalue weighted by Gasteiger charge is 2.10. The third kappa shape index (κ3) is 2.85. The maximum Gasteiger partial charge on any atom is 0.129 e. The summed E-state index contributed by atoms with van der Waals surface area (Å²) in [5.74, 6) is 1.04. The van der Waals surface area contributed by atoms with Crippen molar-refractivity contribution in [1.29, 1.82) is 0 Å². The number of imidazole rings is 1. The number of fused-ring (bicyclic) bond motifs is 1. The molecule has 0 saturated carbocycles. The molecule has 108 valence electrons. The van der Waals surface area contributed by atoms with Gasteiger partial charge in [0, 0.05) is 15.5 Å². The van der Waals surface area contributed by atoms with Crippen LogP contribution in [0.15, 0.2) is 51.4 Å². The maximum atomic E-state index is 4.73. The van der Waals surface area contributed by atoms with Crippen molar-refractivity contribution in [3.8, 4) is 0 Å². The second-order valence-corrected chi connectivity index (χ2v) is 6.42. The first-order valence-electron chi connectivity index (χ1n) is 6.82. The Morgan fingerprint density at radius 3 is 2.48 bits per heavy atom. The highest BCUT2D eigenvalue weighted by atomic mass is 79.9. The zero-order valence-corrected chi connectivity index (χ0v) is 14.8. The first-order chi connectivity index (χ1) is 10.2. The number of halogens is 2. The molecule has 1 N–H and O–H groups in total. The second-order valence-electron chi connectivity index (χ2n) is 4.71. The molecule has 0 atom stereocenters. The number of benzene rings is 2. The molecular weight excluding hydrogens is 394 g/mol. The summed E-state index contributed by atoms with van der Waals surface area (Å²) >= 11 is 7.14. The molecule has 2 aromatic carbocycles. The van der Waals surface area contributed by atoms with E-state index in [1.807, 2.05) is 24.3 Å². The Balaban J connectivity index is 1.92. The largest absolute Gasteiger partial charge is 0.376 e. The van der Waals surface area contributed by atoms with Crippen LogP contribution in [0, 0.1) is 0 Å². The number of rotatable bonds is 4. The van der Waals surface area contributed by atoms with Crippen LogP contribution >= 0.6 is 31.9 Å². The van der Waals surface area contributed by atoms with Gasteiger partial charge in [-0.2, -0.15) is 0 Å². The molecule has 3 rings (SSSR count). The zero-order valence-electron chi connectivity index (χ0n) is 11.6. The van der Waals surface area contributed by atoms with E-state index in [2.05, 4.69) is 66.9 Å². The smallest absolute Gasteiger partial charge is 0.129 e. The molecule has 0 saturated heterocycles. The van der Waals surface area contributed by atoms with Gasteiger partial charge in [-0.05, 0) is 63.0 Å². The average molecular weight is 409 g/mol. The molecule has 0 bridgehead atoms. The van der Waals surface area contributed by atoms with Gasteiger partial charge in [0.05, 0.1) is 23.3 Å². The van der Waals surface area contributed by atoms with Crippen molar-refractivity contribution in [2.45, 2.75) is 20.0 Å². The third-order valence-corrected chi connectivity index (χ3v) is 4.76. The number of nitrogens with one attached hydrogen (secondary N) is 1. The second kappa shape index (κ2) is 6.20. The van der Waals surface area contributed by atoms with E-state index in [0.717, 1.165) is 32.5 Å². The van der Waals surface area contributed by atoms with Gasteiger partial charge in [-0.15, -0.1) is 0 Å². The molecule has 0 unspecified atom stereocenters. The van der Waals surface area contributed by atoms with E-state index in [9.17, 15) is 0 Å². The molecule has 0 fully saturated rings. The van der Waals surface area contributed by atoms with Crippen LogP contribution in [0.3, 0.4) is 0 Å². The molecule has 0 spiro atoms. The predicted molar refractivity (Wildman–Crippen MR) is 94.6 cm³/mol. The van der Waals surface area contributed by atoms with Gasteiger partial charge in [-0.1, -0.05) is 18.2 Å². The Morgan fingerprint density at radius 1 is 1.05 bits per heavy atom. The molecule has 5 heteroatoms. The molecule has 0 aliphatic rings. The Kier molecular flexibility index (Phi) is 4.31. The number of para-hydroxylation sites is 3. The van der Waals surface area contributed by atoms with E-state index in [4.69, 9.17) is 4.98 Å². The van der Waals surface area contributed by atoms with Crippen molar-refractivity contribution in [2.24, 2.45) is 0 Å². The maximum absolute atomic E-state index is 4.73. The fourth-order valence-corrected chi connectivity index (χ4v) is 3.73. The highest BCUT2D eigenvalue weighted by Crippen LogP contribution is 2.31. The van der Waals surface area contributed by atoms with Gasteiger partial charge in [0.25, 0.3) is 0 Å². The summed E-state index contributed by atoms with van der Waals surface area (Å²) in [5, 5.41) is 3.46. The Bertz CT molecular complexity index is 760. The van der Waals surface area contributed by atoms with Crippen molar-refractivity contribution in [1.82, 2.24) is 9.55 Å². The lowest BCUT2D eigenvalue weighted by molar-refractivity contribution is 0.728. The normalized spacial score (nSPS) is 11.0. The van der Waals surface area contributed by atoms with Gasteiger partial charge in [0.2, 0.25) is 0 Å². The SMILES string of the molecule is CCn1c(CNc2c(Br)cccc2Br)nc2ccccc21. The van der Waals surface area contributed by atoms with E-state index in [-0.39, 0.29) is 0 Å². The number of hydrogen-bond donors (Lipinski definition) is 1. The fraction of sp³-hybridized carbons (Fsp3) is 0.188. The highest BCUT2D eigenvalue weighted by molar-refractivity contribution is 9.11. The zero-order chi connectivity index (χ0) is 14.8. The van der Waals surface area contributed by atoms with E-state index >= 15 is 0 Å². The number of nitrogens with zero attached hydrogens (tertiary/aromatic N) is 2.